The summed E-state index contributed by atoms with van der Waals surface area (Å²) in [5, 5.41) is 3.80. The lowest BCUT2D eigenvalue weighted by Gasteiger charge is -2.32. The molecule has 110 valence electrons. The van der Waals surface area contributed by atoms with Crippen LogP contribution in [0.2, 0.25) is 0 Å². The van der Waals surface area contributed by atoms with E-state index in [0.717, 1.165) is 13.1 Å². The van der Waals surface area contributed by atoms with Crippen LogP contribution in [0.3, 0.4) is 0 Å². The average molecular weight is 256 g/mol. The fraction of sp³-hybridized carbons (Fsp3) is 1.00. The van der Waals surface area contributed by atoms with E-state index in [4.69, 9.17) is 0 Å². The molecular weight excluding hydrogens is 220 g/mol. The molecule has 0 amide bonds. The van der Waals surface area contributed by atoms with Crippen molar-refractivity contribution in [3.8, 4) is 0 Å². The highest BCUT2D eigenvalue weighted by Crippen LogP contribution is 2.21. The first-order chi connectivity index (χ1) is 8.54. The molecule has 0 aliphatic heterocycles. The molecule has 0 aliphatic carbocycles. The van der Waals surface area contributed by atoms with Gasteiger partial charge in [0.25, 0.3) is 0 Å². The second-order valence-electron chi connectivity index (χ2n) is 6.20. The molecule has 0 fully saturated rings. The van der Waals surface area contributed by atoms with E-state index in [1.807, 2.05) is 0 Å². The molecule has 2 nitrogen and oxygen atoms in total. The van der Waals surface area contributed by atoms with Crippen molar-refractivity contribution in [3.63, 3.8) is 0 Å². The lowest BCUT2D eigenvalue weighted by atomic mass is 9.88. The van der Waals surface area contributed by atoms with Crippen molar-refractivity contribution in [1.82, 2.24) is 10.2 Å². The fourth-order valence-corrected chi connectivity index (χ4v) is 2.39. The molecule has 1 N–H and O–H groups in total. The van der Waals surface area contributed by atoms with Gasteiger partial charge < -0.3 is 10.2 Å². The number of hydrogen-bond donors (Lipinski definition) is 1. The van der Waals surface area contributed by atoms with Gasteiger partial charge in [0.1, 0.15) is 0 Å². The molecule has 0 bridgehead atoms. The summed E-state index contributed by atoms with van der Waals surface area (Å²) in [6.45, 7) is 9.24. The molecule has 2 heteroatoms. The van der Waals surface area contributed by atoms with Crippen molar-refractivity contribution >= 4 is 0 Å². The standard InChI is InChI=1S/C16H36N2/c1-6-8-10-11-13-16(3,12-9-7-2)17-14-15-18(4)5/h17H,6-15H2,1-5H3. The lowest BCUT2D eigenvalue weighted by Crippen LogP contribution is -2.45. The first-order valence-electron chi connectivity index (χ1n) is 7.94. The first-order valence-corrected chi connectivity index (χ1v) is 7.94. The van der Waals surface area contributed by atoms with E-state index < -0.39 is 0 Å². The number of nitrogens with zero attached hydrogens (tertiary/aromatic N) is 1. The molecule has 0 radical (unpaired) electrons. The molecule has 0 aromatic heterocycles. The summed E-state index contributed by atoms with van der Waals surface area (Å²) in [5.41, 5.74) is 0.361. The summed E-state index contributed by atoms with van der Waals surface area (Å²) < 4.78 is 0. The van der Waals surface area contributed by atoms with E-state index >= 15 is 0 Å². The van der Waals surface area contributed by atoms with E-state index in [-0.39, 0.29) is 0 Å². The molecule has 0 rings (SSSR count). The van der Waals surface area contributed by atoms with Crippen molar-refractivity contribution in [1.29, 1.82) is 0 Å². The van der Waals surface area contributed by atoms with Crippen molar-refractivity contribution in [2.24, 2.45) is 0 Å². The normalized spacial score (nSPS) is 15.0. The van der Waals surface area contributed by atoms with Gasteiger partial charge in [-0.1, -0.05) is 52.4 Å². The number of hydrogen-bond acceptors (Lipinski definition) is 2. The van der Waals surface area contributed by atoms with Gasteiger partial charge in [0.15, 0.2) is 0 Å². The minimum atomic E-state index is 0.361. The molecule has 0 heterocycles. The van der Waals surface area contributed by atoms with Crippen molar-refractivity contribution in [2.75, 3.05) is 27.2 Å². The average Bonchev–Trinajstić information content (AvgIpc) is 2.32. The van der Waals surface area contributed by atoms with Gasteiger partial charge in [0.2, 0.25) is 0 Å². The Balaban J connectivity index is 3.98. The van der Waals surface area contributed by atoms with Crippen LogP contribution < -0.4 is 5.32 Å². The molecule has 1 unspecified atom stereocenters. The molecule has 0 aromatic rings. The van der Waals surface area contributed by atoms with Crippen molar-refractivity contribution in [2.45, 2.75) is 77.7 Å². The third kappa shape index (κ3) is 9.90. The Morgan fingerprint density at radius 1 is 0.889 bits per heavy atom. The molecule has 0 aliphatic rings. The third-order valence-electron chi connectivity index (χ3n) is 3.78. The lowest BCUT2D eigenvalue weighted by molar-refractivity contribution is 0.273. The zero-order chi connectivity index (χ0) is 13.9. The molecule has 0 saturated heterocycles. The Hall–Kier alpha value is -0.0800. The quantitative estimate of drug-likeness (QED) is 0.530. The van der Waals surface area contributed by atoms with Crippen molar-refractivity contribution in [3.05, 3.63) is 0 Å². The number of likely N-dealkylation sites (N-methyl/N-ethyl adjacent to an activating group) is 1. The summed E-state index contributed by atoms with van der Waals surface area (Å²) in [4.78, 5) is 2.25. The van der Waals surface area contributed by atoms with Gasteiger partial charge in [0, 0.05) is 18.6 Å². The van der Waals surface area contributed by atoms with Crippen LogP contribution in [0.5, 0.6) is 0 Å². The van der Waals surface area contributed by atoms with Gasteiger partial charge in [-0.25, -0.2) is 0 Å². The van der Waals surface area contributed by atoms with E-state index in [1.165, 1.54) is 51.4 Å². The zero-order valence-electron chi connectivity index (χ0n) is 13.5. The first kappa shape index (κ1) is 17.9. The van der Waals surface area contributed by atoms with Crippen LogP contribution in [0.1, 0.15) is 72.1 Å². The van der Waals surface area contributed by atoms with Gasteiger partial charge >= 0.3 is 0 Å². The predicted molar refractivity (Wildman–Crippen MR) is 83.2 cm³/mol. The minimum absolute atomic E-state index is 0.361. The molecule has 18 heavy (non-hydrogen) atoms. The summed E-state index contributed by atoms with van der Waals surface area (Å²) in [7, 11) is 4.29. The van der Waals surface area contributed by atoms with Gasteiger partial charge in [-0.3, -0.25) is 0 Å². The van der Waals surface area contributed by atoms with Crippen LogP contribution in [-0.4, -0.2) is 37.6 Å². The van der Waals surface area contributed by atoms with Crippen LogP contribution in [0.25, 0.3) is 0 Å². The molecule has 0 spiro atoms. The highest BCUT2D eigenvalue weighted by molar-refractivity contribution is 4.83. The predicted octanol–water partition coefficient (Wildman–Crippen LogP) is 4.06. The van der Waals surface area contributed by atoms with Gasteiger partial charge in [-0.05, 0) is 33.9 Å². The largest absolute Gasteiger partial charge is 0.310 e. The number of nitrogens with one attached hydrogen (secondary N) is 1. The highest BCUT2D eigenvalue weighted by atomic mass is 15.1. The molecule has 0 aromatic carbocycles. The summed E-state index contributed by atoms with van der Waals surface area (Å²) in [5.74, 6) is 0. The van der Waals surface area contributed by atoms with E-state index in [1.54, 1.807) is 0 Å². The van der Waals surface area contributed by atoms with Gasteiger partial charge in [0.05, 0.1) is 0 Å². The van der Waals surface area contributed by atoms with Gasteiger partial charge in [-0.2, -0.15) is 0 Å². The Kier molecular flexibility index (Phi) is 10.8. The van der Waals surface area contributed by atoms with Crippen LogP contribution in [0, 0.1) is 0 Å². The summed E-state index contributed by atoms with van der Waals surface area (Å²) in [6, 6.07) is 0. The monoisotopic (exact) mass is 256 g/mol. The Morgan fingerprint density at radius 2 is 1.50 bits per heavy atom. The number of rotatable bonds is 12. The topological polar surface area (TPSA) is 15.3 Å². The minimum Gasteiger partial charge on any atom is -0.310 e. The smallest absolute Gasteiger partial charge is 0.0153 e. The maximum atomic E-state index is 3.80. The second kappa shape index (κ2) is 10.8. The fourth-order valence-electron chi connectivity index (χ4n) is 2.39. The van der Waals surface area contributed by atoms with E-state index in [9.17, 15) is 0 Å². The van der Waals surface area contributed by atoms with E-state index in [2.05, 4.69) is 45.1 Å². The Labute approximate surface area is 116 Å². The van der Waals surface area contributed by atoms with Crippen LogP contribution in [0.15, 0.2) is 0 Å². The zero-order valence-corrected chi connectivity index (χ0v) is 13.5. The maximum absolute atomic E-state index is 3.80. The second-order valence-corrected chi connectivity index (χ2v) is 6.20. The Bertz CT molecular complexity index is 180. The Morgan fingerprint density at radius 3 is 2.06 bits per heavy atom. The number of unbranched alkanes of at least 4 members (excludes halogenated alkanes) is 4. The molecular formula is C16H36N2. The van der Waals surface area contributed by atoms with Crippen LogP contribution in [0.4, 0.5) is 0 Å². The van der Waals surface area contributed by atoms with E-state index in [0.29, 0.717) is 5.54 Å². The van der Waals surface area contributed by atoms with Crippen LogP contribution >= 0.6 is 0 Å². The molecule has 1 atom stereocenters. The third-order valence-corrected chi connectivity index (χ3v) is 3.78. The van der Waals surface area contributed by atoms with Crippen molar-refractivity contribution < 1.29 is 0 Å². The summed E-state index contributed by atoms with van der Waals surface area (Å²) >= 11 is 0. The van der Waals surface area contributed by atoms with Gasteiger partial charge in [-0.15, -0.1) is 0 Å². The SMILES string of the molecule is CCCCCCC(C)(CCCC)NCCN(C)C. The molecule has 0 saturated carbocycles. The van der Waals surface area contributed by atoms with Crippen LogP contribution in [-0.2, 0) is 0 Å². The highest BCUT2D eigenvalue weighted by Gasteiger charge is 2.21. The maximum Gasteiger partial charge on any atom is 0.0153 e. The summed E-state index contributed by atoms with van der Waals surface area (Å²) in [6.07, 6.45) is 10.8.